The van der Waals surface area contributed by atoms with Crippen LogP contribution in [0.4, 0.5) is 0 Å². The number of aromatic nitrogens is 2. The molecule has 0 radical (unpaired) electrons. The summed E-state index contributed by atoms with van der Waals surface area (Å²) in [6, 6.07) is 0.282. The smallest absolute Gasteiger partial charge is 0.230 e. The molecule has 114 valence electrons. The number of aryl methyl sites for hydroxylation is 1. The van der Waals surface area contributed by atoms with E-state index in [1.165, 1.54) is 0 Å². The molecule has 0 spiro atoms. The molecule has 1 aliphatic rings. The van der Waals surface area contributed by atoms with Crippen LogP contribution in [0.1, 0.15) is 71.5 Å². The average Bonchev–Trinajstić information content (AvgIpc) is 2.82. The van der Waals surface area contributed by atoms with Gasteiger partial charge in [0.05, 0.1) is 0 Å². The first-order valence-corrected chi connectivity index (χ1v) is 7.90. The van der Waals surface area contributed by atoms with Crippen LogP contribution < -0.4 is 5.73 Å². The van der Waals surface area contributed by atoms with E-state index in [0.29, 0.717) is 17.8 Å². The predicted octanol–water partition coefficient (Wildman–Crippen LogP) is 3.53. The molecule has 0 aliphatic heterocycles. The Morgan fingerprint density at radius 3 is 2.70 bits per heavy atom. The SMILES string of the molecule is CC(C)CCc1noc(C2CCC(N)C(C)C2(C)C)n1. The molecule has 1 saturated carbocycles. The van der Waals surface area contributed by atoms with Crippen molar-refractivity contribution in [3.63, 3.8) is 0 Å². The summed E-state index contributed by atoms with van der Waals surface area (Å²) in [4.78, 5) is 4.64. The van der Waals surface area contributed by atoms with Gasteiger partial charge in [-0.2, -0.15) is 4.98 Å². The van der Waals surface area contributed by atoms with Crippen LogP contribution in [0.5, 0.6) is 0 Å². The molecule has 0 bridgehead atoms. The van der Waals surface area contributed by atoms with Gasteiger partial charge in [-0.1, -0.05) is 39.8 Å². The van der Waals surface area contributed by atoms with Crippen LogP contribution in [-0.2, 0) is 6.42 Å². The Bertz CT molecular complexity index is 439. The monoisotopic (exact) mass is 279 g/mol. The van der Waals surface area contributed by atoms with E-state index in [9.17, 15) is 0 Å². The molecular weight excluding hydrogens is 250 g/mol. The Hall–Kier alpha value is -0.900. The fraction of sp³-hybridized carbons (Fsp3) is 0.875. The Kier molecular flexibility index (Phi) is 4.52. The summed E-state index contributed by atoms with van der Waals surface area (Å²) < 4.78 is 5.55. The normalized spacial score (nSPS) is 29.9. The van der Waals surface area contributed by atoms with Crippen molar-refractivity contribution in [1.29, 1.82) is 0 Å². The second-order valence-corrected chi connectivity index (χ2v) is 7.39. The van der Waals surface area contributed by atoms with Crippen molar-refractivity contribution in [2.45, 2.75) is 72.3 Å². The molecule has 1 fully saturated rings. The van der Waals surface area contributed by atoms with Gasteiger partial charge in [0.25, 0.3) is 0 Å². The van der Waals surface area contributed by atoms with E-state index in [1.54, 1.807) is 0 Å². The Labute approximate surface area is 122 Å². The minimum Gasteiger partial charge on any atom is -0.339 e. The highest BCUT2D eigenvalue weighted by atomic mass is 16.5. The number of nitrogens with two attached hydrogens (primary N) is 1. The maximum Gasteiger partial charge on any atom is 0.230 e. The second kappa shape index (κ2) is 5.84. The van der Waals surface area contributed by atoms with Gasteiger partial charge in [-0.3, -0.25) is 0 Å². The standard InChI is InChI=1S/C16H29N3O/c1-10(2)6-9-14-18-15(20-19-14)12-7-8-13(17)11(3)16(12,4)5/h10-13H,6-9,17H2,1-5H3. The van der Waals surface area contributed by atoms with Crippen LogP contribution in [0.3, 0.4) is 0 Å². The van der Waals surface area contributed by atoms with Gasteiger partial charge in [0.1, 0.15) is 0 Å². The van der Waals surface area contributed by atoms with Gasteiger partial charge in [0, 0.05) is 18.4 Å². The van der Waals surface area contributed by atoms with E-state index in [0.717, 1.165) is 37.4 Å². The maximum atomic E-state index is 6.21. The van der Waals surface area contributed by atoms with E-state index >= 15 is 0 Å². The first-order valence-electron chi connectivity index (χ1n) is 7.90. The minimum atomic E-state index is 0.111. The molecule has 4 nitrogen and oxygen atoms in total. The Morgan fingerprint density at radius 2 is 2.05 bits per heavy atom. The molecule has 3 atom stereocenters. The summed E-state index contributed by atoms with van der Waals surface area (Å²) in [5, 5.41) is 4.16. The molecule has 1 heterocycles. The highest BCUT2D eigenvalue weighted by Crippen LogP contribution is 2.49. The molecule has 0 aromatic carbocycles. The zero-order chi connectivity index (χ0) is 14.9. The summed E-state index contributed by atoms with van der Waals surface area (Å²) in [5.41, 5.74) is 6.32. The fourth-order valence-corrected chi connectivity index (χ4v) is 3.22. The minimum absolute atomic E-state index is 0.111. The lowest BCUT2D eigenvalue weighted by atomic mass is 9.61. The van der Waals surface area contributed by atoms with Gasteiger partial charge in [-0.25, -0.2) is 0 Å². The molecule has 1 aromatic heterocycles. The van der Waals surface area contributed by atoms with Crippen molar-refractivity contribution in [3.05, 3.63) is 11.7 Å². The molecule has 1 aromatic rings. The van der Waals surface area contributed by atoms with E-state index < -0.39 is 0 Å². The molecule has 20 heavy (non-hydrogen) atoms. The third-order valence-corrected chi connectivity index (χ3v) is 5.23. The molecular formula is C16H29N3O. The first-order chi connectivity index (χ1) is 9.32. The van der Waals surface area contributed by atoms with Crippen molar-refractivity contribution in [2.24, 2.45) is 23.0 Å². The van der Waals surface area contributed by atoms with Gasteiger partial charge >= 0.3 is 0 Å². The first kappa shape index (κ1) is 15.5. The molecule has 3 unspecified atom stereocenters. The van der Waals surface area contributed by atoms with Crippen LogP contribution >= 0.6 is 0 Å². The third-order valence-electron chi connectivity index (χ3n) is 5.23. The van der Waals surface area contributed by atoms with Crippen LogP contribution in [-0.4, -0.2) is 16.2 Å². The molecule has 0 saturated heterocycles. The topological polar surface area (TPSA) is 64.9 Å². The van der Waals surface area contributed by atoms with E-state index in [1.807, 2.05) is 0 Å². The van der Waals surface area contributed by atoms with E-state index in [2.05, 4.69) is 44.8 Å². The van der Waals surface area contributed by atoms with Gasteiger partial charge in [-0.05, 0) is 36.5 Å². The molecule has 2 rings (SSSR count). The average molecular weight is 279 g/mol. The van der Waals surface area contributed by atoms with Crippen LogP contribution in [0.25, 0.3) is 0 Å². The Morgan fingerprint density at radius 1 is 1.35 bits per heavy atom. The summed E-state index contributed by atoms with van der Waals surface area (Å²) >= 11 is 0. The third kappa shape index (κ3) is 3.05. The van der Waals surface area contributed by atoms with Gasteiger partial charge in [-0.15, -0.1) is 0 Å². The van der Waals surface area contributed by atoms with Crippen molar-refractivity contribution in [2.75, 3.05) is 0 Å². The molecule has 1 aliphatic carbocycles. The summed E-state index contributed by atoms with van der Waals surface area (Å²) in [5.74, 6) is 3.13. The second-order valence-electron chi connectivity index (χ2n) is 7.39. The van der Waals surface area contributed by atoms with Crippen molar-refractivity contribution >= 4 is 0 Å². The Balaban J connectivity index is 2.11. The van der Waals surface area contributed by atoms with Crippen LogP contribution in [0.15, 0.2) is 4.52 Å². The number of hydrogen-bond acceptors (Lipinski definition) is 4. The van der Waals surface area contributed by atoms with E-state index in [-0.39, 0.29) is 11.5 Å². The van der Waals surface area contributed by atoms with Gasteiger partial charge in [0.15, 0.2) is 5.82 Å². The molecule has 2 N–H and O–H groups in total. The number of hydrogen-bond donors (Lipinski definition) is 1. The van der Waals surface area contributed by atoms with Gasteiger partial charge in [0.2, 0.25) is 5.89 Å². The van der Waals surface area contributed by atoms with Crippen molar-refractivity contribution in [3.8, 4) is 0 Å². The van der Waals surface area contributed by atoms with Crippen LogP contribution in [0.2, 0.25) is 0 Å². The number of nitrogens with zero attached hydrogens (tertiary/aromatic N) is 2. The van der Waals surface area contributed by atoms with Gasteiger partial charge < -0.3 is 10.3 Å². The zero-order valence-electron chi connectivity index (χ0n) is 13.5. The summed E-state index contributed by atoms with van der Waals surface area (Å²) in [6.07, 6.45) is 4.10. The lowest BCUT2D eigenvalue weighted by Crippen LogP contribution is -2.45. The zero-order valence-corrected chi connectivity index (χ0v) is 13.5. The molecule has 4 heteroatoms. The maximum absolute atomic E-state index is 6.21. The lowest BCUT2D eigenvalue weighted by Gasteiger charge is -2.45. The summed E-state index contributed by atoms with van der Waals surface area (Å²) in [6.45, 7) is 11.2. The largest absolute Gasteiger partial charge is 0.339 e. The lowest BCUT2D eigenvalue weighted by molar-refractivity contribution is 0.0806. The van der Waals surface area contributed by atoms with Crippen molar-refractivity contribution in [1.82, 2.24) is 10.1 Å². The van der Waals surface area contributed by atoms with Crippen molar-refractivity contribution < 1.29 is 4.52 Å². The number of rotatable bonds is 4. The summed E-state index contributed by atoms with van der Waals surface area (Å²) in [7, 11) is 0. The predicted molar refractivity (Wildman–Crippen MR) is 80.4 cm³/mol. The quantitative estimate of drug-likeness (QED) is 0.915. The fourth-order valence-electron chi connectivity index (χ4n) is 3.22. The highest BCUT2D eigenvalue weighted by Gasteiger charge is 2.44. The molecule has 0 amide bonds. The highest BCUT2D eigenvalue weighted by molar-refractivity contribution is 5.06. The van der Waals surface area contributed by atoms with E-state index in [4.69, 9.17) is 10.3 Å². The van der Waals surface area contributed by atoms with Crippen LogP contribution in [0, 0.1) is 17.3 Å².